The number of rotatable bonds is 8. The normalized spacial score (nSPS) is 15.0. The van der Waals surface area contributed by atoms with Crippen LogP contribution in [0.5, 0.6) is 5.75 Å². The predicted molar refractivity (Wildman–Crippen MR) is 108 cm³/mol. The van der Waals surface area contributed by atoms with Gasteiger partial charge >= 0.3 is 0 Å². The smallest absolute Gasteiger partial charge is 0.248 e. The SMILES string of the molecule is CN(C(=O)CCCCCOc1cccc2[nH]c(=O)ccc12)C1CCCCC1. The Morgan fingerprint density at radius 2 is 1.93 bits per heavy atom. The van der Waals surface area contributed by atoms with Crippen molar-refractivity contribution in [3.63, 3.8) is 0 Å². The molecule has 1 amide bonds. The summed E-state index contributed by atoms with van der Waals surface area (Å²) in [6, 6.07) is 9.44. The molecule has 0 atom stereocenters. The molecule has 0 unspecified atom stereocenters. The van der Waals surface area contributed by atoms with E-state index in [4.69, 9.17) is 4.74 Å². The molecule has 1 fully saturated rings. The van der Waals surface area contributed by atoms with Crippen molar-refractivity contribution in [1.29, 1.82) is 0 Å². The van der Waals surface area contributed by atoms with Crippen molar-refractivity contribution >= 4 is 16.8 Å². The highest BCUT2D eigenvalue weighted by molar-refractivity contribution is 5.84. The summed E-state index contributed by atoms with van der Waals surface area (Å²) >= 11 is 0. The third-order valence-corrected chi connectivity index (χ3v) is 5.53. The highest BCUT2D eigenvalue weighted by Crippen LogP contribution is 2.24. The standard InChI is InChI=1S/C22H30N2O3/c1-24(17-9-4-2-5-10-17)22(26)13-6-3-7-16-27-20-12-8-11-19-18(20)14-15-21(25)23-19/h8,11-12,14-15,17H,2-7,9-10,13,16H2,1H3,(H,23,25). The van der Waals surface area contributed by atoms with Gasteiger partial charge in [-0.15, -0.1) is 0 Å². The number of hydrogen-bond acceptors (Lipinski definition) is 3. The summed E-state index contributed by atoms with van der Waals surface area (Å²) in [6.45, 7) is 0.616. The summed E-state index contributed by atoms with van der Waals surface area (Å²) in [5, 5.41) is 0.918. The Kier molecular flexibility index (Phi) is 6.91. The molecule has 1 heterocycles. The molecular weight excluding hydrogens is 340 g/mol. The third-order valence-electron chi connectivity index (χ3n) is 5.53. The Hall–Kier alpha value is -2.30. The van der Waals surface area contributed by atoms with E-state index in [9.17, 15) is 9.59 Å². The van der Waals surface area contributed by atoms with Gasteiger partial charge in [-0.2, -0.15) is 0 Å². The summed E-state index contributed by atoms with van der Waals surface area (Å²) < 4.78 is 5.89. The Labute approximate surface area is 160 Å². The molecule has 5 nitrogen and oxygen atoms in total. The van der Waals surface area contributed by atoms with Crippen molar-refractivity contribution in [2.45, 2.75) is 63.8 Å². The summed E-state index contributed by atoms with van der Waals surface area (Å²) in [7, 11) is 1.96. The van der Waals surface area contributed by atoms with Crippen LogP contribution < -0.4 is 10.3 Å². The van der Waals surface area contributed by atoms with Crippen LogP contribution in [-0.4, -0.2) is 35.5 Å². The number of aromatic nitrogens is 1. The van der Waals surface area contributed by atoms with Gasteiger partial charge < -0.3 is 14.6 Å². The second kappa shape index (κ2) is 9.58. The van der Waals surface area contributed by atoms with Crippen LogP contribution >= 0.6 is 0 Å². The maximum atomic E-state index is 12.3. The molecule has 3 rings (SSSR count). The van der Waals surface area contributed by atoms with Gasteiger partial charge in [-0.3, -0.25) is 9.59 Å². The number of benzene rings is 1. The number of nitrogens with one attached hydrogen (secondary N) is 1. The maximum absolute atomic E-state index is 12.3. The number of pyridine rings is 1. The number of ether oxygens (including phenoxy) is 1. The van der Waals surface area contributed by atoms with E-state index in [2.05, 4.69) is 4.98 Å². The fourth-order valence-electron chi connectivity index (χ4n) is 3.87. The Morgan fingerprint density at radius 1 is 1.11 bits per heavy atom. The van der Waals surface area contributed by atoms with Crippen LogP contribution in [0, 0.1) is 0 Å². The van der Waals surface area contributed by atoms with E-state index in [0.717, 1.165) is 48.8 Å². The lowest BCUT2D eigenvalue weighted by Gasteiger charge is -2.31. The zero-order chi connectivity index (χ0) is 19.1. The fraction of sp³-hybridized carbons (Fsp3) is 0.545. The predicted octanol–water partition coefficient (Wildman–Crippen LogP) is 4.26. The topological polar surface area (TPSA) is 62.4 Å². The van der Waals surface area contributed by atoms with E-state index in [1.807, 2.05) is 30.1 Å². The Bertz CT molecular complexity index is 809. The van der Waals surface area contributed by atoms with Crippen molar-refractivity contribution in [3.05, 3.63) is 40.7 Å². The number of aromatic amines is 1. The van der Waals surface area contributed by atoms with Crippen molar-refractivity contribution in [2.75, 3.05) is 13.7 Å². The molecule has 0 aliphatic heterocycles. The first-order valence-corrected chi connectivity index (χ1v) is 10.2. The van der Waals surface area contributed by atoms with E-state index < -0.39 is 0 Å². The minimum atomic E-state index is -0.109. The zero-order valence-corrected chi connectivity index (χ0v) is 16.2. The molecular formula is C22H30N2O3. The fourth-order valence-corrected chi connectivity index (χ4v) is 3.87. The van der Waals surface area contributed by atoms with Gasteiger partial charge in [0.05, 0.1) is 12.1 Å². The van der Waals surface area contributed by atoms with Gasteiger partial charge in [0.25, 0.3) is 0 Å². The first-order chi connectivity index (χ1) is 13.1. The molecule has 1 saturated carbocycles. The summed E-state index contributed by atoms with van der Waals surface area (Å²) in [5.41, 5.74) is 0.679. The molecule has 146 valence electrons. The van der Waals surface area contributed by atoms with Crippen LogP contribution in [0.4, 0.5) is 0 Å². The van der Waals surface area contributed by atoms with E-state index >= 15 is 0 Å². The lowest BCUT2D eigenvalue weighted by atomic mass is 9.94. The van der Waals surface area contributed by atoms with Crippen molar-refractivity contribution in [3.8, 4) is 5.75 Å². The van der Waals surface area contributed by atoms with Gasteiger partial charge in [-0.25, -0.2) is 0 Å². The molecule has 5 heteroatoms. The molecule has 2 aromatic rings. The quantitative estimate of drug-likeness (QED) is 0.706. The number of hydrogen-bond donors (Lipinski definition) is 1. The minimum absolute atomic E-state index is 0.109. The van der Waals surface area contributed by atoms with Crippen LogP contribution in [0.2, 0.25) is 0 Å². The van der Waals surface area contributed by atoms with Crippen LogP contribution in [0.3, 0.4) is 0 Å². The average Bonchev–Trinajstić information content (AvgIpc) is 2.70. The van der Waals surface area contributed by atoms with Crippen LogP contribution in [0.15, 0.2) is 35.1 Å². The Morgan fingerprint density at radius 3 is 2.74 bits per heavy atom. The van der Waals surface area contributed by atoms with Gasteiger partial charge in [0.1, 0.15) is 5.75 Å². The molecule has 0 spiro atoms. The largest absolute Gasteiger partial charge is 0.493 e. The number of nitrogens with zero attached hydrogens (tertiary/aromatic N) is 1. The molecule has 1 N–H and O–H groups in total. The minimum Gasteiger partial charge on any atom is -0.493 e. The summed E-state index contributed by atoms with van der Waals surface area (Å²) in [5.74, 6) is 1.07. The molecule has 0 bridgehead atoms. The highest BCUT2D eigenvalue weighted by Gasteiger charge is 2.21. The zero-order valence-electron chi connectivity index (χ0n) is 16.2. The molecule has 0 radical (unpaired) electrons. The molecule has 27 heavy (non-hydrogen) atoms. The average molecular weight is 370 g/mol. The van der Waals surface area contributed by atoms with Crippen molar-refractivity contribution < 1.29 is 9.53 Å². The molecule has 1 aliphatic carbocycles. The van der Waals surface area contributed by atoms with Gasteiger partial charge in [-0.1, -0.05) is 25.3 Å². The lowest BCUT2D eigenvalue weighted by molar-refractivity contribution is -0.132. The van der Waals surface area contributed by atoms with Gasteiger partial charge in [0.15, 0.2) is 0 Å². The monoisotopic (exact) mass is 370 g/mol. The third kappa shape index (κ3) is 5.34. The summed E-state index contributed by atoms with van der Waals surface area (Å²) in [6.07, 6.45) is 9.56. The van der Waals surface area contributed by atoms with E-state index in [-0.39, 0.29) is 11.5 Å². The second-order valence-corrected chi connectivity index (χ2v) is 7.50. The summed E-state index contributed by atoms with van der Waals surface area (Å²) in [4.78, 5) is 28.5. The van der Waals surface area contributed by atoms with E-state index in [1.54, 1.807) is 6.07 Å². The number of unbranched alkanes of at least 4 members (excludes halogenated alkanes) is 2. The van der Waals surface area contributed by atoms with Gasteiger partial charge in [0.2, 0.25) is 11.5 Å². The lowest BCUT2D eigenvalue weighted by Crippen LogP contribution is -2.38. The van der Waals surface area contributed by atoms with Crippen LogP contribution in [0.25, 0.3) is 10.9 Å². The first-order valence-electron chi connectivity index (χ1n) is 10.2. The van der Waals surface area contributed by atoms with Crippen molar-refractivity contribution in [1.82, 2.24) is 9.88 Å². The number of carbonyl (C=O) groups excluding carboxylic acids is 1. The van der Waals surface area contributed by atoms with Crippen LogP contribution in [-0.2, 0) is 4.79 Å². The maximum Gasteiger partial charge on any atom is 0.248 e. The number of carbonyl (C=O) groups is 1. The second-order valence-electron chi connectivity index (χ2n) is 7.50. The highest BCUT2D eigenvalue weighted by atomic mass is 16.5. The van der Waals surface area contributed by atoms with Gasteiger partial charge in [-0.05, 0) is 50.3 Å². The molecule has 1 aromatic carbocycles. The van der Waals surface area contributed by atoms with E-state index in [0.29, 0.717) is 19.1 Å². The number of amides is 1. The molecule has 1 aromatic heterocycles. The first kappa shape index (κ1) is 19.5. The number of fused-ring (bicyclic) bond motifs is 1. The Balaban J connectivity index is 1.37. The molecule has 0 saturated heterocycles. The van der Waals surface area contributed by atoms with Crippen molar-refractivity contribution in [2.24, 2.45) is 0 Å². The van der Waals surface area contributed by atoms with E-state index in [1.165, 1.54) is 25.3 Å². The van der Waals surface area contributed by atoms with Crippen LogP contribution in [0.1, 0.15) is 57.8 Å². The number of H-pyrrole nitrogens is 1. The molecule has 1 aliphatic rings. The van der Waals surface area contributed by atoms with Gasteiger partial charge in [0, 0.05) is 31.0 Å².